The quantitative estimate of drug-likeness (QED) is 0.661. The Bertz CT molecular complexity index is 846. The van der Waals surface area contributed by atoms with Crippen molar-refractivity contribution in [3.8, 4) is 11.5 Å². The van der Waals surface area contributed by atoms with Gasteiger partial charge in [-0.25, -0.2) is 4.39 Å². The zero-order valence-corrected chi connectivity index (χ0v) is 14.4. The molecule has 3 aromatic rings. The summed E-state index contributed by atoms with van der Waals surface area (Å²) >= 11 is 0. The number of quaternary nitrogens is 1. The minimum absolute atomic E-state index is 0.124. The summed E-state index contributed by atoms with van der Waals surface area (Å²) in [7, 11) is 0. The third-order valence-electron chi connectivity index (χ3n) is 4.64. The third-order valence-corrected chi connectivity index (χ3v) is 4.64. The van der Waals surface area contributed by atoms with Gasteiger partial charge in [0.25, 0.3) is 0 Å². The summed E-state index contributed by atoms with van der Waals surface area (Å²) in [5.41, 5.74) is 2.27. The number of ether oxygens (including phenoxy) is 2. The molecule has 26 heavy (non-hydrogen) atoms. The van der Waals surface area contributed by atoms with E-state index in [1.807, 2.05) is 36.4 Å². The summed E-state index contributed by atoms with van der Waals surface area (Å²) in [5, 5.41) is 2.26. The molecule has 0 spiro atoms. The van der Waals surface area contributed by atoms with Gasteiger partial charge in [-0.05, 0) is 48.0 Å². The highest BCUT2D eigenvalue weighted by Gasteiger charge is 2.18. The van der Waals surface area contributed by atoms with Crippen molar-refractivity contribution in [2.45, 2.75) is 18.9 Å². The Hall–Kier alpha value is -2.79. The van der Waals surface area contributed by atoms with Gasteiger partial charge >= 0.3 is 0 Å². The van der Waals surface area contributed by atoms with Crippen molar-refractivity contribution in [3.05, 3.63) is 83.6 Å². The van der Waals surface area contributed by atoms with E-state index in [0.717, 1.165) is 42.3 Å². The van der Waals surface area contributed by atoms with E-state index >= 15 is 0 Å². The van der Waals surface area contributed by atoms with Crippen LogP contribution in [0.25, 0.3) is 0 Å². The molecule has 1 aliphatic rings. The van der Waals surface area contributed by atoms with Gasteiger partial charge < -0.3 is 19.2 Å². The first kappa shape index (κ1) is 16.7. The minimum Gasteiger partial charge on any atom is -0.469 e. The molecule has 0 bridgehead atoms. The van der Waals surface area contributed by atoms with E-state index in [9.17, 15) is 4.39 Å². The molecule has 0 saturated heterocycles. The van der Waals surface area contributed by atoms with Gasteiger partial charge in [0.15, 0.2) is 11.5 Å². The van der Waals surface area contributed by atoms with Crippen molar-refractivity contribution in [2.24, 2.45) is 0 Å². The lowest BCUT2D eigenvalue weighted by molar-refractivity contribution is -0.671. The molecular weight excluding hydrogens is 333 g/mol. The molecule has 1 atom stereocenters. The van der Waals surface area contributed by atoms with E-state index in [1.54, 1.807) is 6.26 Å². The predicted octanol–water partition coefficient (Wildman–Crippen LogP) is 3.43. The fourth-order valence-electron chi connectivity index (χ4n) is 3.28. The molecule has 1 aliphatic heterocycles. The Balaban J connectivity index is 1.37. The third kappa shape index (κ3) is 3.73. The van der Waals surface area contributed by atoms with E-state index in [1.165, 1.54) is 17.7 Å². The number of furan rings is 1. The van der Waals surface area contributed by atoms with Crippen LogP contribution in [0.4, 0.5) is 4.39 Å². The smallest absolute Gasteiger partial charge is 0.231 e. The standard InChI is InChI=1S/C21H20FNO3/c22-17-6-4-16(5-7-17)18(19-2-1-11-24-19)9-10-23-13-15-3-8-20-21(12-15)26-14-25-20/h1-8,11-12,18,23H,9-10,13-14H2/p+1/t18-/m0/s1. The first-order chi connectivity index (χ1) is 12.8. The molecule has 0 unspecified atom stereocenters. The minimum atomic E-state index is -0.221. The van der Waals surface area contributed by atoms with Gasteiger partial charge in [-0.2, -0.15) is 0 Å². The molecule has 0 radical (unpaired) electrons. The van der Waals surface area contributed by atoms with E-state index < -0.39 is 0 Å². The molecule has 134 valence electrons. The van der Waals surface area contributed by atoms with Crippen LogP contribution in [0.15, 0.2) is 65.3 Å². The fourth-order valence-corrected chi connectivity index (χ4v) is 3.28. The second kappa shape index (κ2) is 7.62. The lowest BCUT2D eigenvalue weighted by Gasteiger charge is -2.14. The number of nitrogens with two attached hydrogens (primary N) is 1. The second-order valence-corrected chi connectivity index (χ2v) is 6.38. The van der Waals surface area contributed by atoms with Crippen LogP contribution < -0.4 is 14.8 Å². The summed E-state index contributed by atoms with van der Waals surface area (Å²) in [4.78, 5) is 0. The van der Waals surface area contributed by atoms with Gasteiger partial charge in [-0.15, -0.1) is 0 Å². The summed E-state index contributed by atoms with van der Waals surface area (Å²) in [5.74, 6) is 2.44. The number of halogens is 1. The monoisotopic (exact) mass is 354 g/mol. The van der Waals surface area contributed by atoms with E-state index in [0.29, 0.717) is 6.79 Å². The largest absolute Gasteiger partial charge is 0.469 e. The summed E-state index contributed by atoms with van der Waals surface area (Å²) < 4.78 is 29.6. The van der Waals surface area contributed by atoms with E-state index in [2.05, 4.69) is 11.4 Å². The number of rotatable bonds is 7. The molecular formula is C21H21FNO3+. The topological polar surface area (TPSA) is 48.2 Å². The van der Waals surface area contributed by atoms with Crippen LogP contribution in [0.1, 0.15) is 29.2 Å². The highest BCUT2D eigenvalue weighted by Crippen LogP contribution is 2.32. The number of fused-ring (bicyclic) bond motifs is 1. The number of hydrogen-bond donors (Lipinski definition) is 1. The lowest BCUT2D eigenvalue weighted by Crippen LogP contribution is -2.82. The maximum Gasteiger partial charge on any atom is 0.231 e. The van der Waals surface area contributed by atoms with Gasteiger partial charge in [-0.3, -0.25) is 0 Å². The van der Waals surface area contributed by atoms with Gasteiger partial charge in [0.2, 0.25) is 6.79 Å². The summed E-state index contributed by atoms with van der Waals surface area (Å²) in [6.07, 6.45) is 2.59. The zero-order valence-electron chi connectivity index (χ0n) is 14.4. The molecule has 0 fully saturated rings. The molecule has 4 nitrogen and oxygen atoms in total. The summed E-state index contributed by atoms with van der Waals surface area (Å²) in [6.45, 7) is 2.09. The number of hydrogen-bond acceptors (Lipinski definition) is 3. The van der Waals surface area contributed by atoms with E-state index in [4.69, 9.17) is 13.9 Å². The van der Waals surface area contributed by atoms with Crippen LogP contribution in [0, 0.1) is 5.82 Å². The fraction of sp³-hybridized carbons (Fsp3) is 0.238. The SMILES string of the molecule is Fc1ccc([C@H](CC[NH2+]Cc2ccc3c(c2)OCO3)c2ccco2)cc1. The van der Waals surface area contributed by atoms with Gasteiger partial charge in [0.1, 0.15) is 18.1 Å². The molecule has 2 heterocycles. The molecule has 1 aromatic heterocycles. The van der Waals surface area contributed by atoms with Crippen molar-refractivity contribution >= 4 is 0 Å². The van der Waals surface area contributed by atoms with Crippen molar-refractivity contribution in [2.75, 3.05) is 13.3 Å². The molecule has 0 saturated carbocycles. The van der Waals surface area contributed by atoms with Gasteiger partial charge in [-0.1, -0.05) is 12.1 Å². The average molecular weight is 354 g/mol. The Labute approximate surface area is 151 Å². The van der Waals surface area contributed by atoms with Crippen LogP contribution in [0.2, 0.25) is 0 Å². The maximum atomic E-state index is 13.2. The van der Waals surface area contributed by atoms with Crippen LogP contribution in [0.3, 0.4) is 0 Å². The Kier molecular flexibility index (Phi) is 4.88. The van der Waals surface area contributed by atoms with Crippen LogP contribution in [0.5, 0.6) is 11.5 Å². The van der Waals surface area contributed by atoms with Crippen LogP contribution >= 0.6 is 0 Å². The molecule has 2 aromatic carbocycles. The Morgan fingerprint density at radius 1 is 1.00 bits per heavy atom. The Morgan fingerprint density at radius 2 is 1.85 bits per heavy atom. The predicted molar refractivity (Wildman–Crippen MR) is 94.6 cm³/mol. The lowest BCUT2D eigenvalue weighted by atomic mass is 9.93. The van der Waals surface area contributed by atoms with Crippen molar-refractivity contribution in [1.29, 1.82) is 0 Å². The molecule has 0 amide bonds. The van der Waals surface area contributed by atoms with Crippen molar-refractivity contribution < 1.29 is 23.6 Å². The van der Waals surface area contributed by atoms with E-state index in [-0.39, 0.29) is 11.7 Å². The zero-order chi connectivity index (χ0) is 17.8. The summed E-state index contributed by atoms with van der Waals surface area (Å²) in [6, 6.07) is 16.6. The molecule has 0 aliphatic carbocycles. The van der Waals surface area contributed by atoms with Crippen molar-refractivity contribution in [3.63, 3.8) is 0 Å². The van der Waals surface area contributed by atoms with Gasteiger partial charge in [0, 0.05) is 17.9 Å². The van der Waals surface area contributed by atoms with Crippen molar-refractivity contribution in [1.82, 2.24) is 0 Å². The maximum absolute atomic E-state index is 13.2. The Morgan fingerprint density at radius 3 is 2.65 bits per heavy atom. The molecule has 2 N–H and O–H groups in total. The first-order valence-corrected chi connectivity index (χ1v) is 8.78. The van der Waals surface area contributed by atoms with Crippen LogP contribution in [-0.2, 0) is 6.54 Å². The highest BCUT2D eigenvalue weighted by atomic mass is 19.1. The highest BCUT2D eigenvalue weighted by molar-refractivity contribution is 5.44. The number of benzene rings is 2. The molecule has 4 rings (SSSR count). The van der Waals surface area contributed by atoms with Crippen LogP contribution in [-0.4, -0.2) is 13.3 Å². The first-order valence-electron chi connectivity index (χ1n) is 8.78. The molecule has 5 heteroatoms. The van der Waals surface area contributed by atoms with Gasteiger partial charge in [0.05, 0.1) is 12.8 Å². The average Bonchev–Trinajstić information content (AvgIpc) is 3.34. The second-order valence-electron chi connectivity index (χ2n) is 6.38. The normalized spacial score (nSPS) is 13.7.